The van der Waals surface area contributed by atoms with Crippen LogP contribution in [-0.2, 0) is 9.47 Å². The van der Waals surface area contributed by atoms with E-state index in [9.17, 15) is 8.78 Å². The van der Waals surface area contributed by atoms with Crippen molar-refractivity contribution in [3.63, 3.8) is 0 Å². The largest absolute Gasteiger partial charge is 0.381 e. The second-order valence-corrected chi connectivity index (χ2v) is 6.00. The molecule has 6 heteroatoms. The fourth-order valence-corrected chi connectivity index (χ4v) is 3.35. The summed E-state index contributed by atoms with van der Waals surface area (Å²) in [7, 11) is 0. The fourth-order valence-electron chi connectivity index (χ4n) is 3.35. The predicted molar refractivity (Wildman–Crippen MR) is 76.6 cm³/mol. The van der Waals surface area contributed by atoms with Crippen molar-refractivity contribution in [1.82, 2.24) is 0 Å². The quantitative estimate of drug-likeness (QED) is 0.800. The summed E-state index contributed by atoms with van der Waals surface area (Å²) in [5.74, 6) is -1.40. The van der Waals surface area contributed by atoms with Crippen molar-refractivity contribution in [3.8, 4) is 6.07 Å². The molecule has 0 unspecified atom stereocenters. The monoisotopic (exact) mass is 308 g/mol. The zero-order valence-electron chi connectivity index (χ0n) is 12.4. The number of halogens is 2. The highest BCUT2D eigenvalue weighted by atomic mass is 19.1. The maximum Gasteiger partial charge on any atom is 0.150 e. The van der Waals surface area contributed by atoms with E-state index in [1.807, 2.05) is 6.92 Å². The highest BCUT2D eigenvalue weighted by molar-refractivity contribution is 5.53. The third-order valence-corrected chi connectivity index (χ3v) is 4.27. The van der Waals surface area contributed by atoms with Gasteiger partial charge in [0.2, 0.25) is 0 Å². The van der Waals surface area contributed by atoms with E-state index >= 15 is 0 Å². The van der Waals surface area contributed by atoms with Gasteiger partial charge >= 0.3 is 0 Å². The maximum absolute atomic E-state index is 14.3. The van der Waals surface area contributed by atoms with Crippen LogP contribution < -0.4 is 4.90 Å². The molecule has 0 aromatic heterocycles. The third-order valence-electron chi connectivity index (χ3n) is 4.27. The Hall–Kier alpha value is -1.71. The minimum atomic E-state index is -0.701. The van der Waals surface area contributed by atoms with Gasteiger partial charge in [-0.25, -0.2) is 8.78 Å². The molecule has 2 fully saturated rings. The van der Waals surface area contributed by atoms with E-state index in [1.54, 1.807) is 11.0 Å². The molecule has 1 atom stereocenters. The van der Waals surface area contributed by atoms with E-state index in [0.29, 0.717) is 39.1 Å². The van der Waals surface area contributed by atoms with Crippen LogP contribution in [0.2, 0.25) is 0 Å². The van der Waals surface area contributed by atoms with Crippen molar-refractivity contribution < 1.29 is 18.3 Å². The molecule has 0 N–H and O–H groups in total. The van der Waals surface area contributed by atoms with Gasteiger partial charge in [0.25, 0.3) is 0 Å². The molecule has 1 aromatic rings. The molecule has 2 saturated heterocycles. The Morgan fingerprint density at radius 2 is 1.91 bits per heavy atom. The van der Waals surface area contributed by atoms with E-state index in [4.69, 9.17) is 14.7 Å². The number of hydrogen-bond donors (Lipinski definition) is 0. The van der Waals surface area contributed by atoms with Crippen LogP contribution in [0.5, 0.6) is 0 Å². The summed E-state index contributed by atoms with van der Waals surface area (Å²) < 4.78 is 40.0. The average molecular weight is 308 g/mol. The van der Waals surface area contributed by atoms with Gasteiger partial charge in [-0.1, -0.05) is 0 Å². The molecule has 1 aromatic carbocycles. The summed E-state index contributed by atoms with van der Waals surface area (Å²) in [5, 5.41) is 8.80. The highest BCUT2D eigenvalue weighted by Gasteiger charge is 2.42. The van der Waals surface area contributed by atoms with Crippen molar-refractivity contribution in [2.24, 2.45) is 0 Å². The summed E-state index contributed by atoms with van der Waals surface area (Å²) in [6.07, 6.45) is 1.31. The Labute approximate surface area is 128 Å². The zero-order chi connectivity index (χ0) is 15.7. The Bertz CT molecular complexity index is 586. The Balaban J connectivity index is 1.92. The Morgan fingerprint density at radius 3 is 2.50 bits per heavy atom. The number of benzene rings is 1. The summed E-state index contributed by atoms with van der Waals surface area (Å²) in [6.45, 7) is 3.95. The molecule has 0 radical (unpaired) electrons. The molecular weight excluding hydrogens is 290 g/mol. The lowest BCUT2D eigenvalue weighted by Gasteiger charge is -2.48. The van der Waals surface area contributed by atoms with Crippen molar-refractivity contribution in [1.29, 1.82) is 5.26 Å². The lowest BCUT2D eigenvalue weighted by Crippen LogP contribution is -2.57. The van der Waals surface area contributed by atoms with Gasteiger partial charge in [-0.15, -0.1) is 0 Å². The van der Waals surface area contributed by atoms with Crippen LogP contribution in [0.25, 0.3) is 0 Å². The smallest absolute Gasteiger partial charge is 0.150 e. The minimum absolute atomic E-state index is 0.0131. The molecule has 4 nitrogen and oxygen atoms in total. The topological polar surface area (TPSA) is 45.5 Å². The molecule has 0 bridgehead atoms. The van der Waals surface area contributed by atoms with Gasteiger partial charge < -0.3 is 14.4 Å². The second-order valence-electron chi connectivity index (χ2n) is 6.00. The normalized spacial score (nSPS) is 24.3. The maximum atomic E-state index is 14.3. The summed E-state index contributed by atoms with van der Waals surface area (Å²) >= 11 is 0. The number of anilines is 1. The molecule has 3 rings (SSSR count). The lowest BCUT2D eigenvalue weighted by atomic mass is 9.91. The molecule has 1 spiro atoms. The van der Waals surface area contributed by atoms with Crippen molar-refractivity contribution in [2.75, 3.05) is 31.2 Å². The van der Waals surface area contributed by atoms with Gasteiger partial charge in [-0.2, -0.15) is 5.26 Å². The standard InChI is InChI=1S/C16H18F2N2O2/c1-11-9-20(10-16(22-11)2-4-21-5-3-16)15-13(17)6-12(8-19)7-14(15)18/h6-7,11H,2-5,9-10H2,1H3/t11-/m1/s1. The van der Waals surface area contributed by atoms with Gasteiger partial charge in [-0.05, 0) is 19.1 Å². The molecule has 0 amide bonds. The first kappa shape index (κ1) is 15.2. The number of nitriles is 1. The van der Waals surface area contributed by atoms with Gasteiger partial charge in [0.15, 0.2) is 11.6 Å². The summed E-state index contributed by atoms with van der Waals surface area (Å²) in [6, 6.07) is 3.92. The van der Waals surface area contributed by atoms with Crippen LogP contribution in [0, 0.1) is 23.0 Å². The van der Waals surface area contributed by atoms with E-state index in [2.05, 4.69) is 0 Å². The molecule has 118 valence electrons. The number of ether oxygens (including phenoxy) is 2. The molecule has 2 aliphatic rings. The summed E-state index contributed by atoms with van der Waals surface area (Å²) in [4.78, 5) is 1.70. The number of rotatable bonds is 1. The van der Waals surface area contributed by atoms with Gasteiger partial charge in [-0.3, -0.25) is 0 Å². The van der Waals surface area contributed by atoms with Gasteiger partial charge in [0.05, 0.1) is 23.3 Å². The van der Waals surface area contributed by atoms with Crippen molar-refractivity contribution in [3.05, 3.63) is 29.3 Å². The summed E-state index contributed by atoms with van der Waals surface area (Å²) in [5.41, 5.74) is -0.497. The molecule has 2 heterocycles. The van der Waals surface area contributed by atoms with Gasteiger partial charge in [0, 0.05) is 39.1 Å². The van der Waals surface area contributed by atoms with Gasteiger partial charge in [0.1, 0.15) is 5.69 Å². The molecule has 2 aliphatic heterocycles. The second kappa shape index (κ2) is 5.82. The Kier molecular flexibility index (Phi) is 4.02. The van der Waals surface area contributed by atoms with Crippen LogP contribution in [0.1, 0.15) is 25.3 Å². The Morgan fingerprint density at radius 1 is 1.27 bits per heavy atom. The first-order chi connectivity index (χ1) is 10.5. The molecule has 0 saturated carbocycles. The number of hydrogen-bond acceptors (Lipinski definition) is 4. The first-order valence-corrected chi connectivity index (χ1v) is 7.43. The van der Waals surface area contributed by atoms with Crippen molar-refractivity contribution >= 4 is 5.69 Å². The van der Waals surface area contributed by atoms with E-state index in [-0.39, 0.29) is 17.4 Å². The predicted octanol–water partition coefficient (Wildman–Crippen LogP) is 2.61. The lowest BCUT2D eigenvalue weighted by molar-refractivity contribution is -0.145. The van der Waals surface area contributed by atoms with E-state index in [1.165, 1.54) is 0 Å². The van der Waals surface area contributed by atoms with Crippen LogP contribution in [0.3, 0.4) is 0 Å². The van der Waals surface area contributed by atoms with E-state index in [0.717, 1.165) is 12.1 Å². The number of nitrogens with zero attached hydrogens (tertiary/aromatic N) is 2. The minimum Gasteiger partial charge on any atom is -0.381 e. The van der Waals surface area contributed by atoms with Crippen molar-refractivity contribution in [2.45, 2.75) is 31.5 Å². The van der Waals surface area contributed by atoms with Crippen LogP contribution >= 0.6 is 0 Å². The fraction of sp³-hybridized carbons (Fsp3) is 0.562. The van der Waals surface area contributed by atoms with Crippen LogP contribution in [-0.4, -0.2) is 38.0 Å². The van der Waals surface area contributed by atoms with Crippen LogP contribution in [0.15, 0.2) is 12.1 Å². The average Bonchev–Trinajstić information content (AvgIpc) is 2.46. The first-order valence-electron chi connectivity index (χ1n) is 7.43. The molecule has 22 heavy (non-hydrogen) atoms. The highest BCUT2D eigenvalue weighted by Crippen LogP contribution is 2.35. The third kappa shape index (κ3) is 2.79. The number of morpholine rings is 1. The SMILES string of the molecule is C[C@@H]1CN(c2c(F)cc(C#N)cc2F)CC2(CCOCC2)O1. The van der Waals surface area contributed by atoms with E-state index < -0.39 is 17.2 Å². The zero-order valence-corrected chi connectivity index (χ0v) is 12.4. The molecular formula is C16H18F2N2O2. The molecule has 0 aliphatic carbocycles. The van der Waals surface area contributed by atoms with Crippen LogP contribution in [0.4, 0.5) is 14.5 Å².